The van der Waals surface area contributed by atoms with E-state index < -0.39 is 0 Å². The highest BCUT2D eigenvalue weighted by Gasteiger charge is 2.42. The Balaban J connectivity index is 1.60. The third-order valence-electron chi connectivity index (χ3n) is 6.25. The zero-order valence-electron chi connectivity index (χ0n) is 20.1. The maximum Gasteiger partial charge on any atom is 0.174 e. The minimum Gasteiger partial charge on any atom is -0.494 e. The topological polar surface area (TPSA) is 45.6 Å². The molecule has 0 bridgehead atoms. The van der Waals surface area contributed by atoms with E-state index in [1.165, 1.54) is 0 Å². The fourth-order valence-electron chi connectivity index (χ4n) is 4.58. The molecule has 2 atom stereocenters. The molecule has 5 rings (SSSR count). The SMILES string of the molecule is CCOc1ccc(-n2cccc2[C@@H]2[C@@H](c3ccccn3)NC(=S)N2c2ccc(N(C)C)cc2)cc1. The van der Waals surface area contributed by atoms with E-state index in [2.05, 4.69) is 85.5 Å². The summed E-state index contributed by atoms with van der Waals surface area (Å²) in [7, 11) is 4.08. The van der Waals surface area contributed by atoms with Crippen molar-refractivity contribution in [3.63, 3.8) is 0 Å². The molecule has 0 aliphatic carbocycles. The van der Waals surface area contributed by atoms with Gasteiger partial charge in [0, 0.05) is 49.2 Å². The van der Waals surface area contributed by atoms with Gasteiger partial charge in [-0.3, -0.25) is 4.98 Å². The molecular formula is C28H29N5OS. The minimum atomic E-state index is -0.103. The average molecular weight is 484 g/mol. The maximum atomic E-state index is 5.89. The number of pyridine rings is 1. The van der Waals surface area contributed by atoms with Gasteiger partial charge in [0.05, 0.1) is 18.3 Å². The molecule has 3 heterocycles. The summed E-state index contributed by atoms with van der Waals surface area (Å²) < 4.78 is 7.86. The molecule has 0 spiro atoms. The summed E-state index contributed by atoms with van der Waals surface area (Å²) in [6.45, 7) is 2.64. The summed E-state index contributed by atoms with van der Waals surface area (Å²) >= 11 is 5.89. The molecule has 35 heavy (non-hydrogen) atoms. The van der Waals surface area contributed by atoms with Crippen LogP contribution in [0.2, 0.25) is 0 Å². The molecular weight excluding hydrogens is 454 g/mol. The van der Waals surface area contributed by atoms with Gasteiger partial charge in [-0.05, 0) is 91.9 Å². The minimum absolute atomic E-state index is 0.0934. The summed E-state index contributed by atoms with van der Waals surface area (Å²) in [6, 6.07) is 26.7. The molecule has 2 aromatic heterocycles. The first kappa shape index (κ1) is 22.9. The number of thiocarbonyl (C=S) groups is 1. The quantitative estimate of drug-likeness (QED) is 0.350. The van der Waals surface area contributed by atoms with Crippen LogP contribution < -0.4 is 19.9 Å². The first-order valence-electron chi connectivity index (χ1n) is 11.8. The number of nitrogens with one attached hydrogen (secondary N) is 1. The predicted octanol–water partition coefficient (Wildman–Crippen LogP) is 5.51. The molecule has 1 aliphatic heterocycles. The van der Waals surface area contributed by atoms with E-state index in [0.717, 1.165) is 34.2 Å². The van der Waals surface area contributed by atoms with E-state index in [9.17, 15) is 0 Å². The molecule has 7 heteroatoms. The summed E-state index contributed by atoms with van der Waals surface area (Å²) in [5, 5.41) is 4.23. The molecule has 1 N–H and O–H groups in total. The van der Waals surface area contributed by atoms with Crippen molar-refractivity contribution >= 4 is 28.7 Å². The van der Waals surface area contributed by atoms with Crippen LogP contribution in [0.4, 0.5) is 11.4 Å². The average Bonchev–Trinajstić information content (AvgIpc) is 3.49. The van der Waals surface area contributed by atoms with Crippen molar-refractivity contribution < 1.29 is 4.74 Å². The molecule has 0 unspecified atom stereocenters. The van der Waals surface area contributed by atoms with Gasteiger partial charge in [0.2, 0.25) is 0 Å². The first-order valence-corrected chi connectivity index (χ1v) is 12.2. The van der Waals surface area contributed by atoms with Crippen LogP contribution in [0.1, 0.15) is 30.4 Å². The third kappa shape index (κ3) is 4.47. The van der Waals surface area contributed by atoms with Crippen LogP contribution in [-0.4, -0.2) is 35.4 Å². The smallest absolute Gasteiger partial charge is 0.174 e. The molecule has 0 saturated carbocycles. The number of rotatable bonds is 7. The van der Waals surface area contributed by atoms with E-state index in [1.54, 1.807) is 0 Å². The van der Waals surface area contributed by atoms with Crippen molar-refractivity contribution in [1.82, 2.24) is 14.9 Å². The zero-order valence-corrected chi connectivity index (χ0v) is 20.9. The Hall–Kier alpha value is -3.84. The standard InChI is InChI=1S/C28H29N5OS/c1-4-34-23-16-14-21(15-17-23)32-19-7-9-25(32)27-26(24-8-5-6-18-29-24)30-28(35)33(27)22-12-10-20(11-13-22)31(2)3/h5-19,26-27H,4H2,1-3H3,(H,30,35)/t26-,27-/m1/s1. The Morgan fingerprint density at radius 3 is 2.34 bits per heavy atom. The van der Waals surface area contributed by atoms with Crippen LogP contribution >= 0.6 is 12.2 Å². The highest BCUT2D eigenvalue weighted by molar-refractivity contribution is 7.80. The van der Waals surface area contributed by atoms with E-state index >= 15 is 0 Å². The highest BCUT2D eigenvalue weighted by atomic mass is 32.1. The fraction of sp³-hybridized carbons (Fsp3) is 0.214. The number of hydrogen-bond acceptors (Lipinski definition) is 4. The van der Waals surface area contributed by atoms with Gasteiger partial charge in [-0.15, -0.1) is 0 Å². The lowest BCUT2D eigenvalue weighted by Crippen LogP contribution is -2.30. The van der Waals surface area contributed by atoms with Crippen LogP contribution in [-0.2, 0) is 0 Å². The normalized spacial score (nSPS) is 17.3. The Labute approximate surface area is 211 Å². The van der Waals surface area contributed by atoms with E-state index in [0.29, 0.717) is 11.7 Å². The molecule has 1 saturated heterocycles. The maximum absolute atomic E-state index is 5.89. The number of benzene rings is 2. The second kappa shape index (κ2) is 9.80. The lowest BCUT2D eigenvalue weighted by atomic mass is 10.0. The van der Waals surface area contributed by atoms with E-state index in [1.807, 2.05) is 51.5 Å². The molecule has 2 aromatic carbocycles. The van der Waals surface area contributed by atoms with Crippen molar-refractivity contribution in [3.05, 3.63) is 103 Å². The molecule has 0 radical (unpaired) electrons. The fourth-order valence-corrected chi connectivity index (χ4v) is 4.93. The van der Waals surface area contributed by atoms with Crippen LogP contribution in [0.15, 0.2) is 91.3 Å². The van der Waals surface area contributed by atoms with Gasteiger partial charge in [-0.25, -0.2) is 0 Å². The molecule has 178 valence electrons. The second-order valence-electron chi connectivity index (χ2n) is 8.64. The van der Waals surface area contributed by atoms with Gasteiger partial charge in [-0.2, -0.15) is 0 Å². The van der Waals surface area contributed by atoms with Crippen LogP contribution in [0.25, 0.3) is 5.69 Å². The van der Waals surface area contributed by atoms with Gasteiger partial charge in [-0.1, -0.05) is 6.07 Å². The zero-order chi connectivity index (χ0) is 24.4. The van der Waals surface area contributed by atoms with Crippen LogP contribution in [0.5, 0.6) is 5.75 Å². The number of hydrogen-bond donors (Lipinski definition) is 1. The molecule has 1 fully saturated rings. The Morgan fingerprint density at radius 1 is 0.943 bits per heavy atom. The molecule has 4 aromatic rings. The van der Waals surface area contributed by atoms with Crippen molar-refractivity contribution in [2.75, 3.05) is 30.5 Å². The van der Waals surface area contributed by atoms with Crippen molar-refractivity contribution in [1.29, 1.82) is 0 Å². The predicted molar refractivity (Wildman–Crippen MR) is 146 cm³/mol. The summed E-state index contributed by atoms with van der Waals surface area (Å²) in [4.78, 5) is 8.97. The van der Waals surface area contributed by atoms with Crippen molar-refractivity contribution in [2.45, 2.75) is 19.0 Å². The van der Waals surface area contributed by atoms with Gasteiger partial charge in [0.25, 0.3) is 0 Å². The third-order valence-corrected chi connectivity index (χ3v) is 6.57. The van der Waals surface area contributed by atoms with E-state index in [-0.39, 0.29) is 12.1 Å². The lowest BCUT2D eigenvalue weighted by molar-refractivity contribution is 0.340. The van der Waals surface area contributed by atoms with Gasteiger partial charge in [0.15, 0.2) is 5.11 Å². The molecule has 0 amide bonds. The van der Waals surface area contributed by atoms with Gasteiger partial charge in [0.1, 0.15) is 11.8 Å². The molecule has 1 aliphatic rings. The number of aromatic nitrogens is 2. The number of ether oxygens (including phenoxy) is 1. The van der Waals surface area contributed by atoms with Crippen LogP contribution in [0.3, 0.4) is 0 Å². The Bertz CT molecular complexity index is 1290. The number of nitrogens with zero attached hydrogens (tertiary/aromatic N) is 4. The lowest BCUT2D eigenvalue weighted by Gasteiger charge is -2.29. The van der Waals surface area contributed by atoms with Crippen LogP contribution in [0, 0.1) is 0 Å². The number of anilines is 2. The van der Waals surface area contributed by atoms with E-state index in [4.69, 9.17) is 17.0 Å². The summed E-state index contributed by atoms with van der Waals surface area (Å²) in [5.41, 5.74) is 5.31. The largest absolute Gasteiger partial charge is 0.494 e. The Kier molecular flexibility index (Phi) is 6.42. The van der Waals surface area contributed by atoms with Gasteiger partial charge < -0.3 is 24.4 Å². The Morgan fingerprint density at radius 2 is 1.69 bits per heavy atom. The summed E-state index contributed by atoms with van der Waals surface area (Å²) in [5.74, 6) is 0.864. The van der Waals surface area contributed by atoms with Crippen molar-refractivity contribution in [3.8, 4) is 11.4 Å². The molecule has 6 nitrogen and oxygen atoms in total. The van der Waals surface area contributed by atoms with Gasteiger partial charge >= 0.3 is 0 Å². The van der Waals surface area contributed by atoms with Crippen molar-refractivity contribution in [2.24, 2.45) is 0 Å². The second-order valence-corrected chi connectivity index (χ2v) is 9.02. The monoisotopic (exact) mass is 483 g/mol. The summed E-state index contributed by atoms with van der Waals surface area (Å²) in [6.07, 6.45) is 3.92. The first-order chi connectivity index (χ1) is 17.1. The highest BCUT2D eigenvalue weighted by Crippen LogP contribution is 2.42.